The molecule has 21 valence electrons. The maximum atomic E-state index is 8.60. The van der Waals surface area contributed by atoms with Crippen molar-refractivity contribution in [2.24, 2.45) is 0 Å². The summed E-state index contributed by atoms with van der Waals surface area (Å²) in [5.41, 5.74) is 0. The van der Waals surface area contributed by atoms with E-state index in [0.717, 1.165) is 0 Å². The van der Waals surface area contributed by atoms with Gasteiger partial charge in [-0.25, -0.2) is 0 Å². The van der Waals surface area contributed by atoms with E-state index in [-0.39, 0.29) is 29.6 Å². The van der Waals surface area contributed by atoms with Crippen LogP contribution in [0.4, 0.5) is 0 Å². The van der Waals surface area contributed by atoms with Gasteiger partial charge in [0.05, 0.1) is 0 Å². The molecule has 0 unspecified atom stereocenters. The summed E-state index contributed by atoms with van der Waals surface area (Å²) in [5.74, 6) is 0. The van der Waals surface area contributed by atoms with Crippen LogP contribution in [0.2, 0.25) is 0 Å². The second-order valence-electron chi connectivity index (χ2n) is 0.0690. The van der Waals surface area contributed by atoms with Crippen molar-refractivity contribution in [3.8, 4) is 0 Å². The third-order valence-electron chi connectivity index (χ3n) is 0. The summed E-state index contributed by atoms with van der Waals surface area (Å²) >= 11 is -1.66. The van der Waals surface area contributed by atoms with Gasteiger partial charge in [-0.2, -0.15) is 3.44 Å². The Hall–Kier alpha value is 1.65. The molecule has 0 aromatic heterocycles. The molecule has 0 atom stereocenters. The molecule has 0 saturated heterocycles. The van der Waals surface area contributed by atoms with E-state index in [0.29, 0.717) is 0 Å². The minimum absolute atomic E-state index is 0. The Morgan fingerprint density at radius 1 is 1.75 bits per heavy atom. The van der Waals surface area contributed by atoms with E-state index in [4.69, 9.17) is 6.87 Å². The smallest absolute Gasteiger partial charge is 0.449 e. The van der Waals surface area contributed by atoms with Gasteiger partial charge in [0.25, 0.3) is 0 Å². The first-order valence-corrected chi connectivity index (χ1v) is 2.17. The molecule has 0 aliphatic carbocycles. The molecule has 2 nitrogen and oxygen atoms in total. The molecule has 1 radical (unpaired) electrons. The van der Waals surface area contributed by atoms with Crippen molar-refractivity contribution in [3.63, 3.8) is 0 Å². The topological polar surface area (TPSA) is 43.3 Å². The molecule has 0 bridgehead atoms. The molecule has 0 heterocycles. The van der Waals surface area contributed by atoms with Gasteiger partial charge in [0.15, 0.2) is 0 Å². The predicted octanol–water partition coefficient (Wildman–Crippen LogP) is -5.12. The van der Waals surface area contributed by atoms with Crippen LogP contribution in [-0.2, 0) is 0 Å². The summed E-state index contributed by atoms with van der Waals surface area (Å²) in [7, 11) is 0. The first-order valence-electron chi connectivity index (χ1n) is 0.323. The van der Waals surface area contributed by atoms with E-state index in [1.54, 1.807) is 0 Å². The molecule has 0 aliphatic rings. The monoisotopic (exact) mass is 183 g/mol. The number of halogens is 1. The molecule has 0 saturated carbocycles. The Bertz CT molecular complexity index is 6.00. The van der Waals surface area contributed by atoms with Gasteiger partial charge in [0.2, 0.25) is 0 Å². The van der Waals surface area contributed by atoms with Crippen LogP contribution >= 0.6 is 0 Å². The molecular formula is HINaO2. The molecule has 0 aromatic carbocycles. The van der Waals surface area contributed by atoms with Crippen LogP contribution in [-0.4, -0.2) is 33.0 Å². The van der Waals surface area contributed by atoms with Crippen LogP contribution < -0.4 is 25.5 Å². The molecule has 0 amide bonds. The minimum atomic E-state index is -1.66. The van der Waals surface area contributed by atoms with Crippen molar-refractivity contribution < 1.29 is 28.9 Å². The van der Waals surface area contributed by atoms with Crippen LogP contribution in [0.3, 0.4) is 0 Å². The average Bonchev–Trinajstić information content (AvgIpc) is 0.918. The summed E-state index contributed by atoms with van der Waals surface area (Å²) in [6.45, 7) is 0. The molecule has 0 rings (SSSR count). The number of rotatable bonds is 0. The van der Waals surface area contributed by atoms with Gasteiger partial charge in [-0.1, -0.05) is 0 Å². The van der Waals surface area contributed by atoms with E-state index >= 15 is 0 Å². The van der Waals surface area contributed by atoms with Crippen molar-refractivity contribution in [3.05, 3.63) is 0 Å². The Morgan fingerprint density at radius 3 is 1.75 bits per heavy atom. The van der Waals surface area contributed by atoms with Crippen molar-refractivity contribution in [1.29, 1.82) is 0 Å². The van der Waals surface area contributed by atoms with Crippen molar-refractivity contribution >= 4 is 29.6 Å². The van der Waals surface area contributed by atoms with Crippen LogP contribution in [0, 0.1) is 0 Å². The van der Waals surface area contributed by atoms with Gasteiger partial charge < -0.3 is 3.44 Å². The van der Waals surface area contributed by atoms with Crippen LogP contribution in [0.5, 0.6) is 0 Å². The normalized spacial score (nSPS) is 4.50. The summed E-state index contributed by atoms with van der Waals surface area (Å²) < 4.78 is 15.7. The van der Waals surface area contributed by atoms with Crippen LogP contribution in [0.1, 0.15) is 0 Å². The zero-order chi connectivity index (χ0) is 2.71. The van der Waals surface area contributed by atoms with Gasteiger partial charge in [-0.15, -0.1) is 0 Å². The van der Waals surface area contributed by atoms with E-state index < -0.39 is 22.0 Å². The molecule has 4 heavy (non-hydrogen) atoms. The maximum absolute atomic E-state index is 8.60. The zero-order valence-electron chi connectivity index (χ0n) is 2.23. The number of hydrogen-bond acceptors (Lipinski definition) is 2. The molecule has 0 fully saturated rings. The summed E-state index contributed by atoms with van der Waals surface area (Å²) in [6.07, 6.45) is 0. The van der Waals surface area contributed by atoms with Crippen molar-refractivity contribution in [2.45, 2.75) is 0 Å². The third kappa shape index (κ3) is 9.41. The SMILES string of the molecule is [Na].[O-][I+]O. The van der Waals surface area contributed by atoms with Crippen LogP contribution in [0.15, 0.2) is 0 Å². The molecule has 4 heteroatoms. The van der Waals surface area contributed by atoms with Gasteiger partial charge in [0, 0.05) is 29.6 Å². The fraction of sp³-hybridized carbons (Fsp3) is 0. The minimum Gasteiger partial charge on any atom is -0.567 e. The fourth-order valence-electron chi connectivity index (χ4n) is 0. The van der Waals surface area contributed by atoms with Gasteiger partial charge >= 0.3 is 22.0 Å². The van der Waals surface area contributed by atoms with E-state index in [2.05, 4.69) is 0 Å². The van der Waals surface area contributed by atoms with Gasteiger partial charge in [-0.05, 0) is 0 Å². The van der Waals surface area contributed by atoms with Gasteiger partial charge in [-0.3, -0.25) is 0 Å². The molecule has 0 spiro atoms. The largest absolute Gasteiger partial charge is 0.567 e. The Balaban J connectivity index is 0. The summed E-state index contributed by atoms with van der Waals surface area (Å²) in [5, 5.41) is 0. The Morgan fingerprint density at radius 2 is 1.75 bits per heavy atom. The van der Waals surface area contributed by atoms with E-state index in [1.165, 1.54) is 0 Å². The first-order chi connectivity index (χ1) is 1.41. The third-order valence-corrected chi connectivity index (χ3v) is 0. The van der Waals surface area contributed by atoms with E-state index in [9.17, 15) is 0 Å². The molecular weight excluding hydrogens is 182 g/mol. The fourth-order valence-corrected chi connectivity index (χ4v) is 0. The standard InChI is InChI=1S/HIO2.Na/c2-1-3;/h2H;. The second kappa shape index (κ2) is 8.82. The van der Waals surface area contributed by atoms with Gasteiger partial charge in [0.1, 0.15) is 0 Å². The molecule has 1 N–H and O–H groups in total. The summed E-state index contributed by atoms with van der Waals surface area (Å²) in [4.78, 5) is 0. The Labute approximate surface area is 57.9 Å². The Kier molecular flexibility index (Phi) is 20.2. The first kappa shape index (κ1) is 9.17. The quantitative estimate of drug-likeness (QED) is 0.301. The van der Waals surface area contributed by atoms with Crippen molar-refractivity contribution in [2.75, 3.05) is 0 Å². The molecule has 0 aliphatic heterocycles. The van der Waals surface area contributed by atoms with Crippen molar-refractivity contribution in [1.82, 2.24) is 0 Å². The second-order valence-corrected chi connectivity index (χ2v) is 0.463. The van der Waals surface area contributed by atoms with Crippen LogP contribution in [0.25, 0.3) is 0 Å². The average molecular weight is 183 g/mol. The number of hydrogen-bond donors (Lipinski definition) is 1. The molecule has 0 aromatic rings. The predicted molar refractivity (Wildman–Crippen MR) is 7.97 cm³/mol. The zero-order valence-corrected chi connectivity index (χ0v) is 6.39. The summed E-state index contributed by atoms with van der Waals surface area (Å²) in [6, 6.07) is 0. The van der Waals surface area contributed by atoms with E-state index in [1.807, 2.05) is 0 Å². The maximum Gasteiger partial charge on any atom is 0.449 e.